The van der Waals surface area contributed by atoms with Crippen LogP contribution in [0.25, 0.3) is 39.4 Å². The second kappa shape index (κ2) is 9.08. The molecule has 1 aliphatic heterocycles. The normalized spacial score (nSPS) is 14.4. The van der Waals surface area contributed by atoms with Gasteiger partial charge in [0.15, 0.2) is 0 Å². The number of benzene rings is 4. The lowest BCUT2D eigenvalue weighted by atomic mass is 9.90. The summed E-state index contributed by atoms with van der Waals surface area (Å²) in [6.07, 6.45) is 12.1. The minimum absolute atomic E-state index is 0.830. The third-order valence-electron chi connectivity index (χ3n) is 7.81. The summed E-state index contributed by atoms with van der Waals surface area (Å²) in [5, 5.41) is 1.33. The average Bonchev–Trinajstić information content (AvgIpc) is 3.19. The Morgan fingerprint density at radius 2 is 1.55 bits per heavy atom. The van der Waals surface area contributed by atoms with Gasteiger partial charge < -0.3 is 9.47 Å². The van der Waals surface area contributed by atoms with Gasteiger partial charge in [0.2, 0.25) is 0 Å². The van der Waals surface area contributed by atoms with E-state index in [1.54, 1.807) is 0 Å². The summed E-state index contributed by atoms with van der Waals surface area (Å²) >= 11 is 0. The Labute approximate surface area is 224 Å². The van der Waals surface area contributed by atoms with E-state index in [2.05, 4.69) is 138 Å². The van der Waals surface area contributed by atoms with Gasteiger partial charge in [0.05, 0.1) is 11.2 Å². The molecule has 0 amide bonds. The SMILES string of the molecule is C=C1CC=CN(c2cccc(C)c2)c2c1cc1c3c(n(-c4ccccc4)c1c2-c1ccccc1)C=CCC3. The Bertz CT molecular complexity index is 1750. The van der Waals surface area contributed by atoms with Gasteiger partial charge in [0.1, 0.15) is 0 Å². The van der Waals surface area contributed by atoms with Crippen LogP contribution in [0.2, 0.25) is 0 Å². The van der Waals surface area contributed by atoms with Gasteiger partial charge in [-0.25, -0.2) is 0 Å². The van der Waals surface area contributed by atoms with Crippen LogP contribution >= 0.6 is 0 Å². The number of aryl methyl sites for hydroxylation is 2. The molecule has 5 aromatic rings. The molecule has 0 bridgehead atoms. The zero-order valence-corrected chi connectivity index (χ0v) is 21.7. The van der Waals surface area contributed by atoms with Crippen LogP contribution in [0, 0.1) is 6.92 Å². The maximum absolute atomic E-state index is 4.58. The van der Waals surface area contributed by atoms with E-state index in [-0.39, 0.29) is 0 Å². The molecule has 0 unspecified atom stereocenters. The molecule has 1 aliphatic carbocycles. The maximum Gasteiger partial charge on any atom is 0.0637 e. The molecule has 0 spiro atoms. The van der Waals surface area contributed by atoms with Gasteiger partial charge in [-0.3, -0.25) is 0 Å². The summed E-state index contributed by atoms with van der Waals surface area (Å²) in [6.45, 7) is 6.74. The monoisotopic (exact) mass is 490 g/mol. The summed E-state index contributed by atoms with van der Waals surface area (Å²) < 4.78 is 2.48. The molecule has 0 N–H and O–H groups in total. The molecule has 0 radical (unpaired) electrons. The quantitative estimate of drug-likeness (QED) is 0.244. The largest absolute Gasteiger partial charge is 0.316 e. The maximum atomic E-state index is 4.58. The van der Waals surface area contributed by atoms with Crippen molar-refractivity contribution < 1.29 is 0 Å². The Morgan fingerprint density at radius 3 is 2.34 bits per heavy atom. The molecule has 184 valence electrons. The predicted octanol–water partition coefficient (Wildman–Crippen LogP) is 9.63. The Hall–Kier alpha value is -4.56. The highest BCUT2D eigenvalue weighted by Gasteiger charge is 2.29. The minimum atomic E-state index is 0.830. The van der Waals surface area contributed by atoms with Crippen LogP contribution in [-0.4, -0.2) is 4.57 Å². The molecule has 0 saturated heterocycles. The Balaban J connectivity index is 1.69. The van der Waals surface area contributed by atoms with Crippen molar-refractivity contribution >= 4 is 33.9 Å². The fourth-order valence-corrected chi connectivity index (χ4v) is 6.10. The zero-order chi connectivity index (χ0) is 25.6. The van der Waals surface area contributed by atoms with E-state index in [1.165, 1.54) is 55.8 Å². The number of fused-ring (bicyclic) bond motifs is 4. The lowest BCUT2D eigenvalue weighted by Gasteiger charge is -2.27. The van der Waals surface area contributed by atoms with Gasteiger partial charge in [-0.15, -0.1) is 0 Å². The summed E-state index contributed by atoms with van der Waals surface area (Å²) in [5.74, 6) is 0. The lowest BCUT2D eigenvalue weighted by molar-refractivity contribution is 0.968. The van der Waals surface area contributed by atoms with E-state index in [1.807, 2.05) is 0 Å². The molecule has 2 heterocycles. The fourth-order valence-electron chi connectivity index (χ4n) is 6.10. The van der Waals surface area contributed by atoms with Crippen molar-refractivity contribution in [2.75, 3.05) is 4.90 Å². The molecule has 38 heavy (non-hydrogen) atoms. The van der Waals surface area contributed by atoms with Crippen LogP contribution in [0.15, 0.2) is 116 Å². The first-order valence-corrected chi connectivity index (χ1v) is 13.4. The molecule has 1 aromatic heterocycles. The number of aromatic nitrogens is 1. The van der Waals surface area contributed by atoms with E-state index in [4.69, 9.17) is 0 Å². The topological polar surface area (TPSA) is 8.17 Å². The number of nitrogens with zero attached hydrogens (tertiary/aromatic N) is 2. The van der Waals surface area contributed by atoms with Crippen LogP contribution < -0.4 is 4.90 Å². The first-order chi connectivity index (χ1) is 18.7. The summed E-state index contributed by atoms with van der Waals surface area (Å²) in [7, 11) is 0. The molecule has 2 aliphatic rings. The van der Waals surface area contributed by atoms with Gasteiger partial charge in [-0.2, -0.15) is 0 Å². The summed E-state index contributed by atoms with van der Waals surface area (Å²) in [5.41, 5.74) is 13.6. The third-order valence-corrected chi connectivity index (χ3v) is 7.81. The number of hydrogen-bond acceptors (Lipinski definition) is 1. The molecule has 0 fully saturated rings. The van der Waals surface area contributed by atoms with E-state index in [0.717, 1.165) is 30.5 Å². The second-order valence-corrected chi connectivity index (χ2v) is 10.3. The molecule has 7 rings (SSSR count). The zero-order valence-electron chi connectivity index (χ0n) is 21.7. The van der Waals surface area contributed by atoms with E-state index < -0.39 is 0 Å². The molecular weight excluding hydrogens is 460 g/mol. The summed E-state index contributed by atoms with van der Waals surface area (Å²) in [4.78, 5) is 2.37. The van der Waals surface area contributed by atoms with Gasteiger partial charge in [0.25, 0.3) is 0 Å². The highest BCUT2D eigenvalue weighted by atomic mass is 15.1. The van der Waals surface area contributed by atoms with Gasteiger partial charge in [0, 0.05) is 39.8 Å². The second-order valence-electron chi connectivity index (χ2n) is 10.3. The van der Waals surface area contributed by atoms with Gasteiger partial charge in [-0.05, 0) is 84.9 Å². The van der Waals surface area contributed by atoms with Crippen molar-refractivity contribution in [3.63, 3.8) is 0 Å². The minimum Gasteiger partial charge on any atom is -0.316 e. The van der Waals surface area contributed by atoms with Crippen molar-refractivity contribution in [1.82, 2.24) is 4.57 Å². The molecule has 4 aromatic carbocycles. The average molecular weight is 491 g/mol. The highest BCUT2D eigenvalue weighted by Crippen LogP contribution is 2.50. The van der Waals surface area contributed by atoms with E-state index in [9.17, 15) is 0 Å². The van der Waals surface area contributed by atoms with Crippen LogP contribution in [0.5, 0.6) is 0 Å². The standard InChI is InChI=1S/C36H30N2/c1-25-13-11-19-29(23-25)37-22-12-14-26(2)31-24-32-30-20-9-10-21-33(30)38(28-17-7-4-8-18-28)36(32)34(35(31)37)27-15-5-3-6-16-27/h3-8,10-13,15-19,21-24H,2,9,14,20H2,1H3. The predicted molar refractivity (Wildman–Crippen MR) is 162 cm³/mol. The van der Waals surface area contributed by atoms with Crippen LogP contribution in [0.1, 0.15) is 35.2 Å². The van der Waals surface area contributed by atoms with Crippen molar-refractivity contribution in [2.45, 2.75) is 26.2 Å². The number of anilines is 2. The first kappa shape index (κ1) is 22.6. The molecule has 0 saturated carbocycles. The Kier molecular flexibility index (Phi) is 5.40. The smallest absolute Gasteiger partial charge is 0.0637 e. The van der Waals surface area contributed by atoms with Crippen LogP contribution in [-0.2, 0) is 6.42 Å². The molecule has 0 atom stereocenters. The summed E-state index contributed by atoms with van der Waals surface area (Å²) in [6, 6.07) is 32.9. The number of hydrogen-bond donors (Lipinski definition) is 0. The number of allylic oxidation sites excluding steroid dienone is 3. The molecule has 2 nitrogen and oxygen atoms in total. The first-order valence-electron chi connectivity index (χ1n) is 13.4. The third kappa shape index (κ3) is 3.56. The van der Waals surface area contributed by atoms with Gasteiger partial charge in [-0.1, -0.05) is 79.4 Å². The number of para-hydroxylation sites is 1. The van der Waals surface area contributed by atoms with Crippen molar-refractivity contribution in [3.05, 3.63) is 138 Å². The Morgan fingerprint density at radius 1 is 0.789 bits per heavy atom. The number of rotatable bonds is 3. The highest BCUT2D eigenvalue weighted by molar-refractivity contribution is 6.10. The molecule has 2 heteroatoms. The molecular formula is C36H30N2. The van der Waals surface area contributed by atoms with Crippen molar-refractivity contribution in [1.29, 1.82) is 0 Å². The van der Waals surface area contributed by atoms with Gasteiger partial charge >= 0.3 is 0 Å². The van der Waals surface area contributed by atoms with E-state index in [0.29, 0.717) is 0 Å². The van der Waals surface area contributed by atoms with Crippen molar-refractivity contribution in [2.24, 2.45) is 0 Å². The van der Waals surface area contributed by atoms with Crippen molar-refractivity contribution in [3.8, 4) is 16.8 Å². The van der Waals surface area contributed by atoms with E-state index >= 15 is 0 Å². The van der Waals surface area contributed by atoms with Crippen LogP contribution in [0.3, 0.4) is 0 Å². The lowest BCUT2D eigenvalue weighted by Crippen LogP contribution is -2.12. The fraction of sp³-hybridized carbons (Fsp3) is 0.111. The van der Waals surface area contributed by atoms with Crippen LogP contribution in [0.4, 0.5) is 11.4 Å².